The summed E-state index contributed by atoms with van der Waals surface area (Å²) in [4.78, 5) is 11.0. The third-order valence-corrected chi connectivity index (χ3v) is 2.65. The highest BCUT2D eigenvalue weighted by Gasteiger charge is 2.08. The molecule has 4 nitrogen and oxygen atoms in total. The maximum Gasteiger partial charge on any atom is 0.305 e. The molecule has 1 unspecified atom stereocenters. The molecule has 0 spiro atoms. The number of rotatable bonds is 7. The van der Waals surface area contributed by atoms with E-state index in [0.717, 1.165) is 17.7 Å². The van der Waals surface area contributed by atoms with E-state index in [9.17, 15) is 4.79 Å². The summed E-state index contributed by atoms with van der Waals surface area (Å²) in [6, 6.07) is 7.84. The molecule has 1 atom stereocenters. The van der Waals surface area contributed by atoms with Crippen molar-refractivity contribution in [1.29, 1.82) is 0 Å². The zero-order valence-electron chi connectivity index (χ0n) is 11.0. The van der Waals surface area contributed by atoms with Crippen LogP contribution in [0.15, 0.2) is 24.3 Å². The molecule has 1 aromatic rings. The molecule has 0 saturated heterocycles. The van der Waals surface area contributed by atoms with E-state index in [2.05, 4.69) is 4.74 Å². The summed E-state index contributed by atoms with van der Waals surface area (Å²) >= 11 is 0. The number of ether oxygens (including phenoxy) is 2. The fourth-order valence-corrected chi connectivity index (χ4v) is 1.74. The lowest BCUT2D eigenvalue weighted by atomic mass is 10.0. The van der Waals surface area contributed by atoms with Gasteiger partial charge in [0.15, 0.2) is 0 Å². The first kappa shape index (κ1) is 14.5. The Morgan fingerprint density at radius 1 is 1.44 bits per heavy atom. The van der Waals surface area contributed by atoms with E-state index in [4.69, 9.17) is 10.5 Å². The lowest BCUT2D eigenvalue weighted by Crippen LogP contribution is -2.24. The number of benzene rings is 1. The second-order valence-corrected chi connectivity index (χ2v) is 4.16. The van der Waals surface area contributed by atoms with Gasteiger partial charge in [0.25, 0.3) is 0 Å². The average Bonchev–Trinajstić information content (AvgIpc) is 2.37. The summed E-state index contributed by atoms with van der Waals surface area (Å²) in [5, 5.41) is 0. The molecule has 0 saturated carbocycles. The van der Waals surface area contributed by atoms with Crippen LogP contribution in [0.4, 0.5) is 0 Å². The summed E-state index contributed by atoms with van der Waals surface area (Å²) in [5.41, 5.74) is 7.11. The lowest BCUT2D eigenvalue weighted by molar-refractivity contribution is -0.140. The van der Waals surface area contributed by atoms with Gasteiger partial charge in [0.05, 0.1) is 13.7 Å². The van der Waals surface area contributed by atoms with Gasteiger partial charge >= 0.3 is 5.97 Å². The molecule has 1 rings (SSSR count). The molecular formula is C14H21NO3. The summed E-state index contributed by atoms with van der Waals surface area (Å²) < 4.78 is 10.0. The number of hydrogen-bond donors (Lipinski definition) is 1. The minimum Gasteiger partial charge on any atom is -0.494 e. The van der Waals surface area contributed by atoms with E-state index in [1.54, 1.807) is 0 Å². The van der Waals surface area contributed by atoms with Crippen molar-refractivity contribution >= 4 is 5.97 Å². The predicted molar refractivity (Wildman–Crippen MR) is 70.5 cm³/mol. The second-order valence-electron chi connectivity index (χ2n) is 4.16. The van der Waals surface area contributed by atoms with Crippen LogP contribution in [0, 0.1) is 0 Å². The van der Waals surface area contributed by atoms with E-state index in [1.165, 1.54) is 7.11 Å². The van der Waals surface area contributed by atoms with Gasteiger partial charge in [0, 0.05) is 12.5 Å². The van der Waals surface area contributed by atoms with Crippen molar-refractivity contribution in [2.24, 2.45) is 5.73 Å². The Morgan fingerprint density at radius 2 is 2.22 bits per heavy atom. The van der Waals surface area contributed by atoms with Crippen molar-refractivity contribution in [1.82, 2.24) is 0 Å². The zero-order chi connectivity index (χ0) is 13.4. The van der Waals surface area contributed by atoms with Crippen molar-refractivity contribution in [2.75, 3.05) is 13.7 Å². The number of methoxy groups -OCH3 is 1. The van der Waals surface area contributed by atoms with Crippen molar-refractivity contribution in [3.8, 4) is 5.75 Å². The standard InChI is InChI=1S/C14H21NO3/c1-3-18-13-6-4-5-11(10-13)9-12(15)7-8-14(16)17-2/h4-6,10,12H,3,7-9,15H2,1-2H3. The Kier molecular flexibility index (Phi) is 6.22. The van der Waals surface area contributed by atoms with Crippen LogP contribution in [0.5, 0.6) is 5.75 Å². The largest absolute Gasteiger partial charge is 0.494 e. The average molecular weight is 251 g/mol. The fraction of sp³-hybridized carbons (Fsp3) is 0.500. The van der Waals surface area contributed by atoms with Crippen LogP contribution in [0.2, 0.25) is 0 Å². The normalized spacial score (nSPS) is 11.9. The van der Waals surface area contributed by atoms with E-state index < -0.39 is 0 Å². The van der Waals surface area contributed by atoms with Crippen LogP contribution in [0.1, 0.15) is 25.3 Å². The van der Waals surface area contributed by atoms with Crippen LogP contribution < -0.4 is 10.5 Å². The van der Waals surface area contributed by atoms with E-state index in [0.29, 0.717) is 19.4 Å². The number of carbonyl (C=O) groups excluding carboxylic acids is 1. The van der Waals surface area contributed by atoms with Gasteiger partial charge in [0.2, 0.25) is 0 Å². The minimum absolute atomic E-state index is 0.0408. The van der Waals surface area contributed by atoms with Crippen molar-refractivity contribution in [2.45, 2.75) is 32.2 Å². The maximum atomic E-state index is 11.0. The van der Waals surface area contributed by atoms with Gasteiger partial charge in [-0.25, -0.2) is 0 Å². The van der Waals surface area contributed by atoms with Gasteiger partial charge in [-0.15, -0.1) is 0 Å². The van der Waals surface area contributed by atoms with Crippen LogP contribution in [-0.4, -0.2) is 25.7 Å². The Labute approximate surface area is 108 Å². The SMILES string of the molecule is CCOc1cccc(CC(N)CCC(=O)OC)c1. The van der Waals surface area contributed by atoms with Gasteiger partial charge in [-0.2, -0.15) is 0 Å². The molecular weight excluding hydrogens is 230 g/mol. The van der Waals surface area contributed by atoms with Gasteiger partial charge in [-0.3, -0.25) is 4.79 Å². The lowest BCUT2D eigenvalue weighted by Gasteiger charge is -2.12. The van der Waals surface area contributed by atoms with E-state index in [1.807, 2.05) is 31.2 Å². The molecule has 0 aliphatic rings. The molecule has 0 aromatic heterocycles. The highest BCUT2D eigenvalue weighted by atomic mass is 16.5. The van der Waals surface area contributed by atoms with Crippen molar-refractivity contribution in [3.63, 3.8) is 0 Å². The maximum absolute atomic E-state index is 11.0. The second kappa shape index (κ2) is 7.71. The molecule has 0 heterocycles. The van der Waals surface area contributed by atoms with Crippen LogP contribution in [0.3, 0.4) is 0 Å². The van der Waals surface area contributed by atoms with Crippen LogP contribution in [-0.2, 0) is 16.0 Å². The summed E-state index contributed by atoms with van der Waals surface area (Å²) in [5.74, 6) is 0.642. The van der Waals surface area contributed by atoms with Gasteiger partial charge in [-0.05, 0) is 37.5 Å². The molecule has 0 aliphatic carbocycles. The molecule has 0 aliphatic heterocycles. The quantitative estimate of drug-likeness (QED) is 0.752. The molecule has 18 heavy (non-hydrogen) atoms. The van der Waals surface area contributed by atoms with Crippen molar-refractivity contribution in [3.05, 3.63) is 29.8 Å². The molecule has 4 heteroatoms. The number of esters is 1. The van der Waals surface area contributed by atoms with Gasteiger partial charge in [0.1, 0.15) is 5.75 Å². The summed E-state index contributed by atoms with van der Waals surface area (Å²) in [7, 11) is 1.39. The van der Waals surface area contributed by atoms with Crippen LogP contribution >= 0.6 is 0 Å². The van der Waals surface area contributed by atoms with E-state index in [-0.39, 0.29) is 12.0 Å². The fourth-order valence-electron chi connectivity index (χ4n) is 1.74. The Hall–Kier alpha value is -1.55. The van der Waals surface area contributed by atoms with Crippen LogP contribution in [0.25, 0.3) is 0 Å². The first-order valence-corrected chi connectivity index (χ1v) is 6.19. The monoisotopic (exact) mass is 251 g/mol. The molecule has 0 bridgehead atoms. The smallest absolute Gasteiger partial charge is 0.305 e. The number of hydrogen-bond acceptors (Lipinski definition) is 4. The van der Waals surface area contributed by atoms with Gasteiger partial charge < -0.3 is 15.2 Å². The number of nitrogens with two attached hydrogens (primary N) is 1. The third-order valence-electron chi connectivity index (χ3n) is 2.65. The summed E-state index contributed by atoms with van der Waals surface area (Å²) in [6.45, 7) is 2.60. The predicted octanol–water partition coefficient (Wildman–Crippen LogP) is 1.91. The highest BCUT2D eigenvalue weighted by Crippen LogP contribution is 2.15. The zero-order valence-corrected chi connectivity index (χ0v) is 11.0. The topological polar surface area (TPSA) is 61.5 Å². The van der Waals surface area contributed by atoms with Gasteiger partial charge in [-0.1, -0.05) is 12.1 Å². The number of carbonyl (C=O) groups is 1. The van der Waals surface area contributed by atoms with E-state index >= 15 is 0 Å². The Balaban J connectivity index is 2.45. The molecule has 0 radical (unpaired) electrons. The third kappa shape index (κ3) is 5.19. The molecule has 0 fully saturated rings. The molecule has 0 amide bonds. The molecule has 100 valence electrons. The molecule has 2 N–H and O–H groups in total. The molecule has 1 aromatic carbocycles. The van der Waals surface area contributed by atoms with Crippen molar-refractivity contribution < 1.29 is 14.3 Å². The minimum atomic E-state index is -0.214. The Morgan fingerprint density at radius 3 is 2.89 bits per heavy atom. The first-order valence-electron chi connectivity index (χ1n) is 6.19. The Bertz CT molecular complexity index is 379. The first-order chi connectivity index (χ1) is 8.65. The highest BCUT2D eigenvalue weighted by molar-refractivity contribution is 5.69. The summed E-state index contributed by atoms with van der Waals surface area (Å²) in [6.07, 6.45) is 1.73.